The molecule has 144 valence electrons. The van der Waals surface area contributed by atoms with Gasteiger partial charge in [-0.3, -0.25) is 14.5 Å². The van der Waals surface area contributed by atoms with E-state index >= 15 is 0 Å². The topological polar surface area (TPSA) is 70.4 Å². The van der Waals surface area contributed by atoms with Crippen molar-refractivity contribution in [3.63, 3.8) is 0 Å². The zero-order chi connectivity index (χ0) is 21.0. The quantitative estimate of drug-likeness (QED) is 0.385. The highest BCUT2D eigenvalue weighted by atomic mass is 79.9. The second-order valence-electron chi connectivity index (χ2n) is 5.84. The number of terminal acetylenes is 1. The lowest BCUT2D eigenvalue weighted by molar-refractivity contribution is -0.122. The van der Waals surface area contributed by atoms with Crippen LogP contribution in [0.15, 0.2) is 50.2 Å². The molecule has 1 aliphatic heterocycles. The molecule has 3 rings (SSSR count). The predicted molar refractivity (Wildman–Crippen MR) is 119 cm³/mol. The molecular weight excluding hydrogens is 520 g/mol. The average molecular weight is 532 g/mol. The standard InChI is InChI=1S/C21H12Br2N2O3S/c1-2-7-25-20(26)18(29-21(25)27)10-13-8-16(22)19(17(23)9-13)28-12-15-6-4-3-5-14(15)11-24/h1,3-6,8-10H,7,12H2/b18-10+. The van der Waals surface area contributed by atoms with Crippen molar-refractivity contribution in [3.8, 4) is 24.2 Å². The van der Waals surface area contributed by atoms with Crippen LogP contribution in [0.5, 0.6) is 5.75 Å². The van der Waals surface area contributed by atoms with Crippen LogP contribution in [0.2, 0.25) is 0 Å². The van der Waals surface area contributed by atoms with Gasteiger partial charge in [0.1, 0.15) is 12.4 Å². The third-order valence-corrected chi connectivity index (χ3v) is 6.04. The molecule has 0 atom stereocenters. The summed E-state index contributed by atoms with van der Waals surface area (Å²) in [5.74, 6) is 2.47. The molecule has 1 saturated heterocycles. The molecule has 0 saturated carbocycles. The Morgan fingerprint density at radius 2 is 1.90 bits per heavy atom. The maximum atomic E-state index is 12.3. The van der Waals surface area contributed by atoms with Gasteiger partial charge >= 0.3 is 0 Å². The number of benzene rings is 2. The van der Waals surface area contributed by atoms with Crippen LogP contribution in [0.3, 0.4) is 0 Å². The smallest absolute Gasteiger partial charge is 0.294 e. The first-order valence-corrected chi connectivity index (χ1v) is 10.6. The van der Waals surface area contributed by atoms with Crippen LogP contribution in [-0.4, -0.2) is 22.6 Å². The van der Waals surface area contributed by atoms with Crippen molar-refractivity contribution in [2.75, 3.05) is 6.54 Å². The van der Waals surface area contributed by atoms with Crippen LogP contribution in [0.4, 0.5) is 4.79 Å². The highest BCUT2D eigenvalue weighted by Crippen LogP contribution is 2.38. The molecule has 0 radical (unpaired) electrons. The fourth-order valence-electron chi connectivity index (χ4n) is 2.58. The minimum absolute atomic E-state index is 0.0493. The summed E-state index contributed by atoms with van der Waals surface area (Å²) in [4.78, 5) is 25.6. The Hall–Kier alpha value is -2.52. The van der Waals surface area contributed by atoms with Crippen LogP contribution in [-0.2, 0) is 11.4 Å². The molecule has 1 aliphatic rings. The number of rotatable bonds is 5. The number of halogens is 2. The molecule has 1 fully saturated rings. The van der Waals surface area contributed by atoms with E-state index < -0.39 is 5.91 Å². The largest absolute Gasteiger partial charge is 0.486 e. The van der Waals surface area contributed by atoms with Gasteiger partial charge in [-0.05, 0) is 73.5 Å². The highest BCUT2D eigenvalue weighted by molar-refractivity contribution is 9.11. The van der Waals surface area contributed by atoms with E-state index in [4.69, 9.17) is 11.2 Å². The average Bonchev–Trinajstić information content (AvgIpc) is 2.95. The van der Waals surface area contributed by atoms with Gasteiger partial charge in [-0.2, -0.15) is 5.26 Å². The minimum Gasteiger partial charge on any atom is -0.486 e. The number of nitriles is 1. The Labute approximate surface area is 189 Å². The van der Waals surface area contributed by atoms with Crippen LogP contribution >= 0.6 is 43.6 Å². The van der Waals surface area contributed by atoms with Gasteiger partial charge in [0.15, 0.2) is 0 Å². The van der Waals surface area contributed by atoms with Gasteiger partial charge in [-0.25, -0.2) is 0 Å². The summed E-state index contributed by atoms with van der Waals surface area (Å²) in [5.41, 5.74) is 2.04. The third-order valence-electron chi connectivity index (χ3n) is 3.95. The molecule has 8 heteroatoms. The Bertz CT molecular complexity index is 1090. The molecule has 0 spiro atoms. The van der Waals surface area contributed by atoms with E-state index in [1.54, 1.807) is 30.3 Å². The lowest BCUT2D eigenvalue weighted by atomic mass is 10.1. The molecule has 0 unspecified atom stereocenters. The fraction of sp³-hybridized carbons (Fsp3) is 0.0952. The SMILES string of the molecule is C#CCN1C(=O)S/C(=C/c2cc(Br)c(OCc3ccccc3C#N)c(Br)c2)C1=O. The Balaban J connectivity index is 1.81. The molecule has 2 amide bonds. The Morgan fingerprint density at radius 3 is 2.55 bits per heavy atom. The van der Waals surface area contributed by atoms with Crippen molar-refractivity contribution in [2.24, 2.45) is 0 Å². The molecule has 0 aromatic heterocycles. The van der Waals surface area contributed by atoms with Crippen molar-refractivity contribution < 1.29 is 14.3 Å². The number of nitrogens with zero attached hydrogens (tertiary/aromatic N) is 2. The molecule has 5 nitrogen and oxygen atoms in total. The molecule has 2 aromatic carbocycles. The summed E-state index contributed by atoms with van der Waals surface area (Å²) >= 11 is 7.81. The van der Waals surface area contributed by atoms with Crippen molar-refractivity contribution in [2.45, 2.75) is 6.61 Å². The maximum Gasteiger partial charge on any atom is 0.294 e. The predicted octanol–water partition coefficient (Wildman–Crippen LogP) is 5.33. The van der Waals surface area contributed by atoms with E-state index in [9.17, 15) is 14.9 Å². The summed E-state index contributed by atoms with van der Waals surface area (Å²) in [7, 11) is 0. The molecule has 0 aliphatic carbocycles. The van der Waals surface area contributed by atoms with Gasteiger partial charge in [0.2, 0.25) is 0 Å². The number of carbonyl (C=O) groups is 2. The number of hydrogen-bond donors (Lipinski definition) is 0. The van der Waals surface area contributed by atoms with Gasteiger partial charge < -0.3 is 4.74 Å². The summed E-state index contributed by atoms with van der Waals surface area (Å²) in [5, 5.41) is 8.81. The van der Waals surface area contributed by atoms with Gasteiger partial charge in [-0.1, -0.05) is 24.1 Å². The van der Waals surface area contributed by atoms with E-state index in [2.05, 4.69) is 43.8 Å². The van der Waals surface area contributed by atoms with E-state index in [0.29, 0.717) is 30.7 Å². The van der Waals surface area contributed by atoms with Crippen molar-refractivity contribution in [1.29, 1.82) is 5.26 Å². The fourth-order valence-corrected chi connectivity index (χ4v) is 4.87. The van der Waals surface area contributed by atoms with Gasteiger partial charge in [-0.15, -0.1) is 6.42 Å². The molecule has 29 heavy (non-hydrogen) atoms. The van der Waals surface area contributed by atoms with E-state index in [1.807, 2.05) is 12.1 Å². The number of ether oxygens (including phenoxy) is 1. The maximum absolute atomic E-state index is 12.3. The Kier molecular flexibility index (Phi) is 6.81. The van der Waals surface area contributed by atoms with Crippen molar-refractivity contribution >= 4 is 60.8 Å². The van der Waals surface area contributed by atoms with Crippen LogP contribution < -0.4 is 4.74 Å². The van der Waals surface area contributed by atoms with E-state index in [1.165, 1.54) is 0 Å². The zero-order valence-corrected chi connectivity index (χ0v) is 18.8. The summed E-state index contributed by atoms with van der Waals surface area (Å²) in [6, 6.07) is 12.9. The first kappa shape index (κ1) is 21.2. The van der Waals surface area contributed by atoms with Crippen LogP contribution in [0, 0.1) is 23.7 Å². The van der Waals surface area contributed by atoms with Crippen molar-refractivity contribution in [3.05, 3.63) is 66.9 Å². The van der Waals surface area contributed by atoms with E-state index in [-0.39, 0.29) is 18.4 Å². The Morgan fingerprint density at radius 1 is 1.21 bits per heavy atom. The number of thioether (sulfide) groups is 1. The molecule has 0 bridgehead atoms. The monoisotopic (exact) mass is 530 g/mol. The van der Waals surface area contributed by atoms with Crippen LogP contribution in [0.1, 0.15) is 16.7 Å². The number of imide groups is 1. The van der Waals surface area contributed by atoms with Gasteiger partial charge in [0, 0.05) is 5.56 Å². The summed E-state index contributed by atoms with van der Waals surface area (Å²) < 4.78 is 7.21. The second kappa shape index (κ2) is 9.32. The number of amides is 2. The first-order chi connectivity index (χ1) is 13.9. The highest BCUT2D eigenvalue weighted by Gasteiger charge is 2.34. The third kappa shape index (κ3) is 4.73. The van der Waals surface area contributed by atoms with Gasteiger partial charge in [0.25, 0.3) is 11.1 Å². The lowest BCUT2D eigenvalue weighted by Gasteiger charge is -2.12. The number of hydrogen-bond acceptors (Lipinski definition) is 5. The molecule has 2 aromatic rings. The van der Waals surface area contributed by atoms with Crippen molar-refractivity contribution in [1.82, 2.24) is 4.90 Å². The second-order valence-corrected chi connectivity index (χ2v) is 8.55. The minimum atomic E-state index is -0.404. The molecule has 1 heterocycles. The first-order valence-electron chi connectivity index (χ1n) is 8.23. The molecular formula is C21H12Br2N2O3S. The normalized spacial score (nSPS) is 14.8. The number of carbonyl (C=O) groups excluding carboxylic acids is 2. The summed E-state index contributed by atoms with van der Waals surface area (Å²) in [6.07, 6.45) is 6.84. The zero-order valence-electron chi connectivity index (χ0n) is 14.8. The summed E-state index contributed by atoms with van der Waals surface area (Å²) in [6.45, 7) is 0.178. The van der Waals surface area contributed by atoms with E-state index in [0.717, 1.165) is 22.2 Å². The van der Waals surface area contributed by atoms with Gasteiger partial charge in [0.05, 0.1) is 32.0 Å². The molecule has 0 N–H and O–H groups in total. The van der Waals surface area contributed by atoms with Crippen LogP contribution in [0.25, 0.3) is 6.08 Å². The lowest BCUT2D eigenvalue weighted by Crippen LogP contribution is -2.28.